The summed E-state index contributed by atoms with van der Waals surface area (Å²) in [5.74, 6) is -0.324. The molecule has 1 amide bonds. The summed E-state index contributed by atoms with van der Waals surface area (Å²) >= 11 is 0. The molecule has 0 saturated heterocycles. The summed E-state index contributed by atoms with van der Waals surface area (Å²) in [6, 6.07) is 3.70. The van der Waals surface area contributed by atoms with E-state index in [-0.39, 0.29) is 17.7 Å². The second kappa shape index (κ2) is 9.02. The van der Waals surface area contributed by atoms with E-state index in [1.165, 1.54) is 6.20 Å². The molecule has 10 heteroatoms. The maximum absolute atomic E-state index is 12.4. The van der Waals surface area contributed by atoms with E-state index in [0.717, 1.165) is 11.1 Å². The van der Waals surface area contributed by atoms with Crippen LogP contribution in [-0.2, 0) is 11.3 Å². The first-order chi connectivity index (χ1) is 14.0. The molecule has 1 atom stereocenters. The third-order valence-electron chi connectivity index (χ3n) is 4.33. The van der Waals surface area contributed by atoms with Gasteiger partial charge < -0.3 is 16.2 Å². The summed E-state index contributed by atoms with van der Waals surface area (Å²) in [6.07, 6.45) is 7.98. The van der Waals surface area contributed by atoms with Gasteiger partial charge in [-0.25, -0.2) is 9.97 Å². The number of carbonyl (C=O) groups is 1. The molecule has 0 bridgehead atoms. The van der Waals surface area contributed by atoms with Crippen LogP contribution in [0, 0.1) is 0 Å². The molecular formula is C19H22N8O2. The van der Waals surface area contributed by atoms with Gasteiger partial charge in [-0.2, -0.15) is 10.1 Å². The van der Waals surface area contributed by atoms with Crippen molar-refractivity contribution in [3.8, 4) is 11.3 Å². The summed E-state index contributed by atoms with van der Waals surface area (Å²) in [5.41, 5.74) is 14.2. The Kier molecular flexibility index (Phi) is 6.25. The molecule has 0 aliphatic carbocycles. The monoisotopic (exact) mass is 394 g/mol. The third kappa shape index (κ3) is 4.99. The van der Waals surface area contributed by atoms with Crippen molar-refractivity contribution in [2.24, 2.45) is 10.7 Å². The zero-order chi connectivity index (χ0) is 20.8. The highest BCUT2D eigenvalue weighted by Crippen LogP contribution is 2.20. The standard InChI is InChI=1S/C19H22N8O2/c1-12(13-3-4-16(22-7-13)14-8-23-19(21)24-9-14)17(20)26-18(28)15-10-25-27(11-15)5-6-29-2/h3-4,7-12H,5-6H2,1-2H3,(H2,20,26,28)(H2,21,23,24). The molecule has 0 radical (unpaired) electrons. The molecule has 3 aromatic heterocycles. The van der Waals surface area contributed by atoms with Crippen molar-refractivity contribution in [3.63, 3.8) is 0 Å². The number of nitrogens with zero attached hydrogens (tertiary/aromatic N) is 6. The van der Waals surface area contributed by atoms with Crippen molar-refractivity contribution in [1.29, 1.82) is 0 Å². The molecule has 150 valence electrons. The van der Waals surface area contributed by atoms with Crippen LogP contribution < -0.4 is 11.5 Å². The number of anilines is 1. The van der Waals surface area contributed by atoms with E-state index in [9.17, 15) is 4.79 Å². The van der Waals surface area contributed by atoms with E-state index < -0.39 is 5.91 Å². The molecule has 3 heterocycles. The van der Waals surface area contributed by atoms with E-state index in [0.29, 0.717) is 24.4 Å². The van der Waals surface area contributed by atoms with Gasteiger partial charge in [-0.1, -0.05) is 13.0 Å². The van der Waals surface area contributed by atoms with Crippen LogP contribution in [0.15, 0.2) is 48.1 Å². The first kappa shape index (κ1) is 20.1. The molecule has 29 heavy (non-hydrogen) atoms. The minimum atomic E-state index is -0.443. The number of hydrogen-bond acceptors (Lipinski definition) is 7. The second-order valence-electron chi connectivity index (χ2n) is 6.36. The molecule has 0 saturated carbocycles. The van der Waals surface area contributed by atoms with Gasteiger partial charge in [-0.05, 0) is 11.6 Å². The average Bonchev–Trinajstić information content (AvgIpc) is 3.21. The predicted molar refractivity (Wildman–Crippen MR) is 108 cm³/mol. The Morgan fingerprint density at radius 2 is 1.97 bits per heavy atom. The van der Waals surface area contributed by atoms with Crippen LogP contribution >= 0.6 is 0 Å². The predicted octanol–water partition coefficient (Wildman–Crippen LogP) is 1.26. The molecule has 0 fully saturated rings. The Morgan fingerprint density at radius 1 is 1.21 bits per heavy atom. The molecule has 0 spiro atoms. The van der Waals surface area contributed by atoms with Gasteiger partial charge in [0.05, 0.1) is 30.6 Å². The average molecular weight is 394 g/mol. The fraction of sp³-hybridized carbons (Fsp3) is 0.263. The number of nitrogens with two attached hydrogens (primary N) is 2. The number of pyridine rings is 1. The second-order valence-corrected chi connectivity index (χ2v) is 6.36. The SMILES string of the molecule is COCCn1cc(C(=O)N=C(N)C(C)c2ccc(-c3cnc(N)nc3)nc2)cn1. The zero-order valence-corrected chi connectivity index (χ0v) is 16.2. The number of nitrogen functional groups attached to an aromatic ring is 1. The lowest BCUT2D eigenvalue weighted by atomic mass is 10.0. The van der Waals surface area contributed by atoms with E-state index in [1.807, 2.05) is 19.1 Å². The van der Waals surface area contributed by atoms with Crippen molar-refractivity contribution >= 4 is 17.7 Å². The minimum absolute atomic E-state index is 0.199. The van der Waals surface area contributed by atoms with Gasteiger partial charge in [0.25, 0.3) is 5.91 Å². The number of ether oxygens (including phenoxy) is 1. The van der Waals surface area contributed by atoms with Gasteiger partial charge in [0.15, 0.2) is 0 Å². The Hall–Kier alpha value is -3.66. The van der Waals surface area contributed by atoms with Crippen LogP contribution in [-0.4, -0.2) is 50.2 Å². The van der Waals surface area contributed by atoms with E-state index in [4.69, 9.17) is 16.2 Å². The van der Waals surface area contributed by atoms with Crippen molar-refractivity contribution in [2.45, 2.75) is 19.4 Å². The van der Waals surface area contributed by atoms with Gasteiger partial charge in [0, 0.05) is 43.4 Å². The number of amidine groups is 1. The van der Waals surface area contributed by atoms with Gasteiger partial charge in [0.2, 0.25) is 5.95 Å². The molecule has 0 aliphatic rings. The van der Waals surface area contributed by atoms with Gasteiger partial charge in [0.1, 0.15) is 5.84 Å². The lowest BCUT2D eigenvalue weighted by Gasteiger charge is -2.11. The lowest BCUT2D eigenvalue weighted by Crippen LogP contribution is -2.21. The van der Waals surface area contributed by atoms with Gasteiger partial charge in [-0.15, -0.1) is 0 Å². The molecule has 3 aromatic rings. The van der Waals surface area contributed by atoms with Crippen molar-refractivity contribution in [2.75, 3.05) is 19.5 Å². The van der Waals surface area contributed by atoms with Crippen molar-refractivity contribution in [3.05, 3.63) is 54.2 Å². The fourth-order valence-electron chi connectivity index (χ4n) is 2.53. The fourth-order valence-corrected chi connectivity index (χ4v) is 2.53. The lowest BCUT2D eigenvalue weighted by molar-refractivity contribution is 0.100. The van der Waals surface area contributed by atoms with Crippen LogP contribution in [0.2, 0.25) is 0 Å². The smallest absolute Gasteiger partial charge is 0.281 e. The highest BCUT2D eigenvalue weighted by Gasteiger charge is 2.15. The Labute approximate surface area is 167 Å². The normalized spacial score (nSPS) is 12.7. The maximum atomic E-state index is 12.4. The summed E-state index contributed by atoms with van der Waals surface area (Å²) < 4.78 is 6.61. The highest BCUT2D eigenvalue weighted by molar-refractivity contribution is 6.04. The Morgan fingerprint density at radius 3 is 2.62 bits per heavy atom. The molecule has 0 aliphatic heterocycles. The van der Waals surface area contributed by atoms with Crippen LogP contribution in [0.4, 0.5) is 5.95 Å². The first-order valence-corrected chi connectivity index (χ1v) is 8.91. The topological polar surface area (TPSA) is 147 Å². The molecule has 4 N–H and O–H groups in total. The van der Waals surface area contributed by atoms with Crippen LogP contribution in [0.25, 0.3) is 11.3 Å². The highest BCUT2D eigenvalue weighted by atomic mass is 16.5. The summed E-state index contributed by atoms with van der Waals surface area (Å²) in [5, 5.41) is 4.11. The Balaban J connectivity index is 1.70. The number of amides is 1. The van der Waals surface area contributed by atoms with Crippen LogP contribution in [0.5, 0.6) is 0 Å². The molecule has 0 aromatic carbocycles. The number of methoxy groups -OCH3 is 1. The molecule has 1 unspecified atom stereocenters. The molecule has 3 rings (SSSR count). The Bertz CT molecular complexity index is 996. The van der Waals surface area contributed by atoms with Crippen LogP contribution in [0.1, 0.15) is 28.8 Å². The first-order valence-electron chi connectivity index (χ1n) is 8.91. The van der Waals surface area contributed by atoms with Gasteiger partial charge in [-0.3, -0.25) is 14.5 Å². The number of rotatable bonds is 7. The number of hydrogen-bond donors (Lipinski definition) is 2. The van der Waals surface area contributed by atoms with E-state index in [2.05, 4.69) is 25.0 Å². The maximum Gasteiger partial charge on any atom is 0.281 e. The van der Waals surface area contributed by atoms with Crippen molar-refractivity contribution in [1.82, 2.24) is 24.7 Å². The number of aromatic nitrogens is 5. The number of carbonyl (C=O) groups excluding carboxylic acids is 1. The quantitative estimate of drug-likeness (QED) is 0.450. The summed E-state index contributed by atoms with van der Waals surface area (Å²) in [6.45, 7) is 2.91. The zero-order valence-electron chi connectivity index (χ0n) is 16.2. The summed E-state index contributed by atoms with van der Waals surface area (Å²) in [7, 11) is 1.60. The summed E-state index contributed by atoms with van der Waals surface area (Å²) in [4.78, 5) is 28.7. The minimum Gasteiger partial charge on any atom is -0.387 e. The number of aliphatic imine (C=N–C) groups is 1. The molecular weight excluding hydrogens is 372 g/mol. The third-order valence-corrected chi connectivity index (χ3v) is 4.33. The van der Waals surface area contributed by atoms with Crippen molar-refractivity contribution < 1.29 is 9.53 Å². The largest absolute Gasteiger partial charge is 0.387 e. The van der Waals surface area contributed by atoms with E-state index in [1.54, 1.807) is 36.6 Å². The molecule has 10 nitrogen and oxygen atoms in total. The van der Waals surface area contributed by atoms with E-state index >= 15 is 0 Å². The van der Waals surface area contributed by atoms with Gasteiger partial charge >= 0.3 is 0 Å². The van der Waals surface area contributed by atoms with Crippen LogP contribution in [0.3, 0.4) is 0 Å².